The highest BCUT2D eigenvalue weighted by Gasteiger charge is 2.29. The van der Waals surface area contributed by atoms with Crippen molar-refractivity contribution in [2.75, 3.05) is 12.8 Å². The lowest BCUT2D eigenvalue weighted by atomic mass is 9.84. The van der Waals surface area contributed by atoms with Crippen LogP contribution in [0.2, 0.25) is 0 Å². The predicted molar refractivity (Wildman–Crippen MR) is 77.9 cm³/mol. The Bertz CT molecular complexity index is 539. The normalized spacial score (nSPS) is 18.9. The Labute approximate surface area is 120 Å². The van der Waals surface area contributed by atoms with E-state index in [0.29, 0.717) is 5.92 Å². The van der Waals surface area contributed by atoms with E-state index in [2.05, 4.69) is 5.32 Å². The highest BCUT2D eigenvalue weighted by Crippen LogP contribution is 2.28. The SMILES string of the molecule is CNC(CS(=O)(=O)c1ccccc1F)C1CCCCC1. The van der Waals surface area contributed by atoms with Crippen LogP contribution >= 0.6 is 0 Å². The summed E-state index contributed by atoms with van der Waals surface area (Å²) in [7, 11) is -1.80. The molecule has 1 saturated carbocycles. The lowest BCUT2D eigenvalue weighted by molar-refractivity contribution is 0.292. The minimum atomic E-state index is -3.59. The molecule has 0 aliphatic heterocycles. The zero-order valence-corrected chi connectivity index (χ0v) is 12.6. The number of nitrogens with one attached hydrogen (secondary N) is 1. The molecule has 0 spiro atoms. The number of benzene rings is 1. The fraction of sp³-hybridized carbons (Fsp3) is 0.600. The van der Waals surface area contributed by atoms with Crippen molar-refractivity contribution in [1.82, 2.24) is 5.32 Å². The summed E-state index contributed by atoms with van der Waals surface area (Å²) in [6, 6.07) is 5.51. The van der Waals surface area contributed by atoms with Gasteiger partial charge in [0, 0.05) is 6.04 Å². The number of sulfone groups is 1. The van der Waals surface area contributed by atoms with Crippen LogP contribution in [0.5, 0.6) is 0 Å². The van der Waals surface area contributed by atoms with Gasteiger partial charge in [0.05, 0.1) is 5.75 Å². The van der Waals surface area contributed by atoms with E-state index >= 15 is 0 Å². The highest BCUT2D eigenvalue weighted by atomic mass is 32.2. The van der Waals surface area contributed by atoms with Crippen LogP contribution in [0.3, 0.4) is 0 Å². The average Bonchev–Trinajstić information content (AvgIpc) is 2.46. The van der Waals surface area contributed by atoms with E-state index in [9.17, 15) is 12.8 Å². The zero-order valence-electron chi connectivity index (χ0n) is 11.8. The smallest absolute Gasteiger partial charge is 0.182 e. The van der Waals surface area contributed by atoms with Crippen LogP contribution < -0.4 is 5.32 Å². The number of hydrogen-bond acceptors (Lipinski definition) is 3. The minimum Gasteiger partial charge on any atom is -0.316 e. The molecule has 1 aromatic carbocycles. The Kier molecular flexibility index (Phi) is 5.16. The molecule has 5 heteroatoms. The van der Waals surface area contributed by atoms with Gasteiger partial charge in [0.2, 0.25) is 0 Å². The second-order valence-corrected chi connectivity index (χ2v) is 7.51. The third kappa shape index (κ3) is 3.58. The van der Waals surface area contributed by atoms with Gasteiger partial charge in [-0.3, -0.25) is 0 Å². The molecular weight excluding hydrogens is 277 g/mol. The van der Waals surface area contributed by atoms with Crippen molar-refractivity contribution in [3.8, 4) is 0 Å². The quantitative estimate of drug-likeness (QED) is 0.909. The summed E-state index contributed by atoms with van der Waals surface area (Å²) in [5.74, 6) is -0.323. The largest absolute Gasteiger partial charge is 0.316 e. The van der Waals surface area contributed by atoms with Crippen LogP contribution in [-0.2, 0) is 9.84 Å². The highest BCUT2D eigenvalue weighted by molar-refractivity contribution is 7.91. The molecule has 1 aliphatic carbocycles. The molecule has 1 aromatic rings. The molecule has 0 radical (unpaired) electrons. The Hall–Kier alpha value is -0.940. The molecule has 0 heterocycles. The van der Waals surface area contributed by atoms with Gasteiger partial charge in [-0.1, -0.05) is 31.4 Å². The van der Waals surface area contributed by atoms with Crippen LogP contribution in [0.1, 0.15) is 32.1 Å². The first-order chi connectivity index (χ1) is 9.54. The number of halogens is 1. The van der Waals surface area contributed by atoms with E-state index in [1.807, 2.05) is 0 Å². The molecule has 1 atom stereocenters. The van der Waals surface area contributed by atoms with Gasteiger partial charge in [-0.2, -0.15) is 0 Å². The summed E-state index contributed by atoms with van der Waals surface area (Å²) in [5, 5.41) is 3.12. The molecule has 20 heavy (non-hydrogen) atoms. The Balaban J connectivity index is 2.15. The summed E-state index contributed by atoms with van der Waals surface area (Å²) >= 11 is 0. The fourth-order valence-electron chi connectivity index (χ4n) is 3.01. The molecule has 112 valence electrons. The van der Waals surface area contributed by atoms with Crippen molar-refractivity contribution in [3.63, 3.8) is 0 Å². The van der Waals surface area contributed by atoms with Gasteiger partial charge in [0.15, 0.2) is 9.84 Å². The van der Waals surface area contributed by atoms with Gasteiger partial charge in [-0.05, 0) is 37.9 Å². The number of rotatable bonds is 5. The van der Waals surface area contributed by atoms with Crippen molar-refractivity contribution in [2.24, 2.45) is 5.92 Å². The lowest BCUT2D eigenvalue weighted by Gasteiger charge is -2.29. The van der Waals surface area contributed by atoms with Gasteiger partial charge >= 0.3 is 0 Å². The maximum atomic E-state index is 13.7. The summed E-state index contributed by atoms with van der Waals surface area (Å²) in [4.78, 5) is -0.184. The second-order valence-electron chi connectivity index (χ2n) is 5.51. The minimum absolute atomic E-state index is 0.0326. The van der Waals surface area contributed by atoms with Gasteiger partial charge in [-0.25, -0.2) is 12.8 Å². The van der Waals surface area contributed by atoms with Crippen molar-refractivity contribution >= 4 is 9.84 Å². The molecule has 1 aliphatic rings. The molecule has 1 N–H and O–H groups in total. The van der Waals surface area contributed by atoms with E-state index in [0.717, 1.165) is 25.7 Å². The fourth-order valence-corrected chi connectivity index (χ4v) is 4.76. The van der Waals surface area contributed by atoms with E-state index < -0.39 is 15.7 Å². The van der Waals surface area contributed by atoms with E-state index in [1.165, 1.54) is 24.6 Å². The molecule has 1 fully saturated rings. The van der Waals surface area contributed by atoms with Crippen LogP contribution in [0, 0.1) is 11.7 Å². The molecule has 3 nitrogen and oxygen atoms in total. The van der Waals surface area contributed by atoms with Gasteiger partial charge in [-0.15, -0.1) is 0 Å². The third-order valence-electron chi connectivity index (χ3n) is 4.16. The molecule has 2 rings (SSSR count). The van der Waals surface area contributed by atoms with Crippen LogP contribution in [-0.4, -0.2) is 27.3 Å². The van der Waals surface area contributed by atoms with Gasteiger partial charge < -0.3 is 5.32 Å². The molecular formula is C15H22FNO2S. The molecule has 1 unspecified atom stereocenters. The van der Waals surface area contributed by atoms with Crippen molar-refractivity contribution in [3.05, 3.63) is 30.1 Å². The molecule has 0 bridgehead atoms. The molecule has 0 saturated heterocycles. The second kappa shape index (κ2) is 6.68. The zero-order chi connectivity index (χ0) is 14.6. The average molecular weight is 299 g/mol. The Morgan fingerprint density at radius 1 is 1.25 bits per heavy atom. The topological polar surface area (TPSA) is 46.2 Å². The Morgan fingerprint density at radius 2 is 1.90 bits per heavy atom. The first-order valence-corrected chi connectivity index (χ1v) is 8.84. The first kappa shape index (κ1) is 15.4. The van der Waals surface area contributed by atoms with Gasteiger partial charge in [0.25, 0.3) is 0 Å². The van der Waals surface area contributed by atoms with E-state index in [1.54, 1.807) is 13.1 Å². The Morgan fingerprint density at radius 3 is 2.50 bits per heavy atom. The molecule has 0 aromatic heterocycles. The summed E-state index contributed by atoms with van der Waals surface area (Å²) in [6.07, 6.45) is 5.65. The van der Waals surface area contributed by atoms with Crippen LogP contribution in [0.25, 0.3) is 0 Å². The monoisotopic (exact) mass is 299 g/mol. The third-order valence-corrected chi connectivity index (χ3v) is 5.96. The van der Waals surface area contributed by atoms with E-state index in [4.69, 9.17) is 0 Å². The van der Waals surface area contributed by atoms with Crippen molar-refractivity contribution in [1.29, 1.82) is 0 Å². The van der Waals surface area contributed by atoms with E-state index in [-0.39, 0.29) is 16.7 Å². The first-order valence-electron chi connectivity index (χ1n) is 7.19. The van der Waals surface area contributed by atoms with Gasteiger partial charge in [0.1, 0.15) is 10.7 Å². The summed E-state index contributed by atoms with van der Waals surface area (Å²) in [6.45, 7) is 0. The summed E-state index contributed by atoms with van der Waals surface area (Å²) < 4.78 is 38.5. The van der Waals surface area contributed by atoms with Crippen molar-refractivity contribution < 1.29 is 12.8 Å². The van der Waals surface area contributed by atoms with Crippen molar-refractivity contribution in [2.45, 2.75) is 43.0 Å². The lowest BCUT2D eigenvalue weighted by Crippen LogP contribution is -2.40. The standard InChI is InChI=1S/C15H22FNO2S/c1-17-14(12-7-3-2-4-8-12)11-20(18,19)15-10-6-5-9-13(15)16/h5-6,9-10,12,14,17H,2-4,7-8,11H2,1H3. The summed E-state index contributed by atoms with van der Waals surface area (Å²) in [5.41, 5.74) is 0. The predicted octanol–water partition coefficient (Wildman–Crippen LogP) is 2.77. The molecule has 0 amide bonds. The van der Waals surface area contributed by atoms with Crippen LogP contribution in [0.15, 0.2) is 29.2 Å². The maximum absolute atomic E-state index is 13.7. The number of hydrogen-bond donors (Lipinski definition) is 1. The van der Waals surface area contributed by atoms with Crippen LogP contribution in [0.4, 0.5) is 4.39 Å². The maximum Gasteiger partial charge on any atom is 0.182 e.